The molecule has 1 aliphatic rings. The summed E-state index contributed by atoms with van der Waals surface area (Å²) in [7, 11) is 5.00. The number of fused-ring (bicyclic) bond motifs is 1. The maximum Gasteiger partial charge on any atom is 0.277 e. The maximum atomic E-state index is 13.2. The molecule has 0 amide bonds. The summed E-state index contributed by atoms with van der Waals surface area (Å²) in [6.07, 6.45) is 5.11. The summed E-state index contributed by atoms with van der Waals surface area (Å²) in [5, 5.41) is 3.92. The van der Waals surface area contributed by atoms with Gasteiger partial charge in [0.1, 0.15) is 11.5 Å². The molecule has 0 atom stereocenters. The Morgan fingerprint density at radius 1 is 1.17 bits per heavy atom. The molecule has 1 aromatic carbocycles. The molecule has 0 saturated carbocycles. The van der Waals surface area contributed by atoms with Crippen LogP contribution in [-0.2, 0) is 35.8 Å². The molecule has 3 rings (SSSR count). The van der Waals surface area contributed by atoms with Gasteiger partial charge in [0.25, 0.3) is 5.56 Å². The fraction of sp³-hybridized carbons (Fsp3) is 0.545. The highest BCUT2D eigenvalue weighted by atomic mass is 35.5. The average molecular weight is 420 g/mol. The normalized spacial score (nSPS) is 13.6. The summed E-state index contributed by atoms with van der Waals surface area (Å²) < 4.78 is 12.1. The van der Waals surface area contributed by atoms with Crippen LogP contribution >= 0.6 is 11.6 Å². The fourth-order valence-electron chi connectivity index (χ4n) is 3.95. The van der Waals surface area contributed by atoms with Crippen LogP contribution in [0, 0.1) is 0 Å². The van der Waals surface area contributed by atoms with E-state index in [2.05, 4.69) is 11.4 Å². The number of halogens is 1. The van der Waals surface area contributed by atoms with Crippen LogP contribution in [0.3, 0.4) is 0 Å². The topological polar surface area (TPSA) is 65.4 Å². The molecule has 7 heteroatoms. The Hall–Kier alpha value is -1.89. The van der Waals surface area contributed by atoms with Gasteiger partial charge in [0.15, 0.2) is 0 Å². The van der Waals surface area contributed by atoms with E-state index >= 15 is 0 Å². The van der Waals surface area contributed by atoms with Gasteiger partial charge in [0.2, 0.25) is 0 Å². The van der Waals surface area contributed by atoms with E-state index in [1.807, 2.05) is 13.0 Å². The summed E-state index contributed by atoms with van der Waals surface area (Å²) in [4.78, 5) is 18.1. The molecule has 1 N–H and O–H groups in total. The van der Waals surface area contributed by atoms with Crippen molar-refractivity contribution in [3.05, 3.63) is 44.3 Å². The van der Waals surface area contributed by atoms with E-state index in [0.717, 1.165) is 18.4 Å². The predicted octanol–water partition coefficient (Wildman–Crippen LogP) is 3.62. The molecule has 6 nitrogen and oxygen atoms in total. The van der Waals surface area contributed by atoms with Gasteiger partial charge in [-0.1, -0.05) is 18.5 Å². The highest BCUT2D eigenvalue weighted by molar-refractivity contribution is 6.33. The lowest BCUT2D eigenvalue weighted by molar-refractivity contribution is 0.126. The quantitative estimate of drug-likeness (QED) is 0.708. The standard InChI is InChI=1S/C22H30ClN3O3/c1-5-19-20(24-16(12-28-3)13-29-4)22(27)26(2)21(25-19)17-10-14-8-6-7-9-15(14)11-18(17)23/h10-11,16,24H,5-9,12-13H2,1-4H3. The first-order chi connectivity index (χ1) is 14.0. The first-order valence-corrected chi connectivity index (χ1v) is 10.5. The van der Waals surface area contributed by atoms with Crippen LogP contribution in [0.5, 0.6) is 0 Å². The van der Waals surface area contributed by atoms with Crippen LogP contribution in [-0.4, -0.2) is 43.0 Å². The second-order valence-electron chi connectivity index (χ2n) is 7.53. The predicted molar refractivity (Wildman–Crippen MR) is 117 cm³/mol. The van der Waals surface area contributed by atoms with E-state index in [0.29, 0.717) is 41.9 Å². The van der Waals surface area contributed by atoms with Gasteiger partial charge < -0.3 is 14.8 Å². The Bertz CT molecular complexity index is 920. The number of rotatable bonds is 8. The van der Waals surface area contributed by atoms with Crippen molar-refractivity contribution < 1.29 is 9.47 Å². The van der Waals surface area contributed by atoms with Crippen molar-refractivity contribution in [1.82, 2.24) is 9.55 Å². The van der Waals surface area contributed by atoms with Crippen LogP contribution < -0.4 is 10.9 Å². The van der Waals surface area contributed by atoms with E-state index in [-0.39, 0.29) is 11.6 Å². The highest BCUT2D eigenvalue weighted by Gasteiger charge is 2.21. The fourth-order valence-corrected chi connectivity index (χ4v) is 4.22. The molecule has 0 unspecified atom stereocenters. The summed E-state index contributed by atoms with van der Waals surface area (Å²) in [5.74, 6) is 0.603. The lowest BCUT2D eigenvalue weighted by Gasteiger charge is -2.22. The first-order valence-electron chi connectivity index (χ1n) is 10.2. The molecule has 0 fully saturated rings. The average Bonchev–Trinajstić information content (AvgIpc) is 2.72. The summed E-state index contributed by atoms with van der Waals surface area (Å²) in [6.45, 7) is 2.85. The second kappa shape index (κ2) is 9.74. The number of nitrogens with zero attached hydrogens (tertiary/aromatic N) is 2. The number of hydrogen-bond donors (Lipinski definition) is 1. The number of hydrogen-bond acceptors (Lipinski definition) is 5. The van der Waals surface area contributed by atoms with Crippen molar-refractivity contribution in [2.45, 2.75) is 45.1 Å². The van der Waals surface area contributed by atoms with Crippen LogP contribution in [0.1, 0.15) is 36.6 Å². The minimum atomic E-state index is -0.136. The summed E-state index contributed by atoms with van der Waals surface area (Å²) >= 11 is 6.62. The largest absolute Gasteiger partial charge is 0.382 e. The van der Waals surface area contributed by atoms with Crippen LogP contribution in [0.2, 0.25) is 5.02 Å². The monoisotopic (exact) mass is 419 g/mol. The lowest BCUT2D eigenvalue weighted by Crippen LogP contribution is -2.35. The SMILES string of the molecule is CCc1nc(-c2cc3c(cc2Cl)CCCC3)n(C)c(=O)c1NC(COC)COC. The number of anilines is 1. The third kappa shape index (κ3) is 4.65. The molecule has 0 radical (unpaired) electrons. The van der Waals surface area contributed by atoms with Gasteiger partial charge in [-0.3, -0.25) is 9.36 Å². The third-order valence-corrected chi connectivity index (χ3v) is 5.77. The van der Waals surface area contributed by atoms with Gasteiger partial charge >= 0.3 is 0 Å². The minimum absolute atomic E-state index is 0.127. The summed E-state index contributed by atoms with van der Waals surface area (Å²) in [5.41, 5.74) is 4.52. The molecule has 158 valence electrons. The van der Waals surface area contributed by atoms with E-state index in [9.17, 15) is 4.79 Å². The van der Waals surface area contributed by atoms with Gasteiger partial charge in [0, 0.05) is 26.8 Å². The number of ether oxygens (including phenoxy) is 2. The number of aromatic nitrogens is 2. The molecule has 1 aromatic heterocycles. The number of nitrogens with one attached hydrogen (secondary N) is 1. The molecule has 0 saturated heterocycles. The van der Waals surface area contributed by atoms with Crippen LogP contribution in [0.15, 0.2) is 16.9 Å². The Morgan fingerprint density at radius 2 is 1.79 bits per heavy atom. The van der Waals surface area contributed by atoms with Crippen molar-refractivity contribution in [3.63, 3.8) is 0 Å². The minimum Gasteiger partial charge on any atom is -0.382 e. The second-order valence-corrected chi connectivity index (χ2v) is 7.94. The Morgan fingerprint density at radius 3 is 2.38 bits per heavy atom. The number of benzene rings is 1. The Labute approximate surface area is 177 Å². The van der Waals surface area contributed by atoms with Crippen LogP contribution in [0.25, 0.3) is 11.4 Å². The third-order valence-electron chi connectivity index (χ3n) is 5.46. The van der Waals surface area contributed by atoms with Crippen molar-refractivity contribution in [3.8, 4) is 11.4 Å². The molecule has 1 heterocycles. The molecule has 1 aliphatic carbocycles. The smallest absolute Gasteiger partial charge is 0.277 e. The van der Waals surface area contributed by atoms with E-state index in [1.165, 1.54) is 24.0 Å². The van der Waals surface area contributed by atoms with Gasteiger partial charge in [-0.05, 0) is 55.4 Å². The maximum absolute atomic E-state index is 13.2. The molecule has 29 heavy (non-hydrogen) atoms. The Balaban J connectivity index is 2.06. The summed E-state index contributed by atoms with van der Waals surface area (Å²) in [6, 6.07) is 4.02. The zero-order chi connectivity index (χ0) is 21.0. The zero-order valence-electron chi connectivity index (χ0n) is 17.7. The Kier molecular flexibility index (Phi) is 7.33. The molecule has 0 bridgehead atoms. The highest BCUT2D eigenvalue weighted by Crippen LogP contribution is 2.33. The molecule has 0 spiro atoms. The van der Waals surface area contributed by atoms with Crippen molar-refractivity contribution in [2.24, 2.45) is 7.05 Å². The number of aryl methyl sites for hydroxylation is 3. The van der Waals surface area contributed by atoms with Crippen molar-refractivity contribution in [1.29, 1.82) is 0 Å². The number of methoxy groups -OCH3 is 2. The molecular weight excluding hydrogens is 390 g/mol. The van der Waals surface area contributed by atoms with Gasteiger partial charge in [0.05, 0.1) is 30.0 Å². The zero-order valence-corrected chi connectivity index (χ0v) is 18.4. The van der Waals surface area contributed by atoms with Crippen molar-refractivity contribution in [2.75, 3.05) is 32.8 Å². The van der Waals surface area contributed by atoms with E-state index in [1.54, 1.807) is 25.8 Å². The van der Waals surface area contributed by atoms with Gasteiger partial charge in [-0.25, -0.2) is 4.98 Å². The molecule has 0 aliphatic heterocycles. The van der Waals surface area contributed by atoms with Gasteiger partial charge in [-0.15, -0.1) is 0 Å². The van der Waals surface area contributed by atoms with Crippen LogP contribution in [0.4, 0.5) is 5.69 Å². The molecular formula is C22H30ClN3O3. The van der Waals surface area contributed by atoms with E-state index in [4.69, 9.17) is 26.1 Å². The molecule has 2 aromatic rings. The van der Waals surface area contributed by atoms with Crippen molar-refractivity contribution >= 4 is 17.3 Å². The lowest BCUT2D eigenvalue weighted by atomic mass is 9.90. The van der Waals surface area contributed by atoms with E-state index < -0.39 is 0 Å². The first kappa shape index (κ1) is 21.8. The van der Waals surface area contributed by atoms with Gasteiger partial charge in [-0.2, -0.15) is 0 Å².